The SMILES string of the molecule is Cc1ccc2c(c1-c1c(C)c(C#N)cc(C#N)c1C)CCCN2C. The quantitative estimate of drug-likeness (QED) is 0.783. The molecule has 24 heavy (non-hydrogen) atoms. The largest absolute Gasteiger partial charge is 0.374 e. The molecule has 2 aromatic carbocycles. The maximum absolute atomic E-state index is 9.48. The van der Waals surface area contributed by atoms with Gasteiger partial charge in [0.2, 0.25) is 0 Å². The number of nitrogens with zero attached hydrogens (tertiary/aromatic N) is 3. The molecule has 0 bridgehead atoms. The Kier molecular flexibility index (Phi) is 4.04. The number of rotatable bonds is 1. The topological polar surface area (TPSA) is 50.8 Å². The van der Waals surface area contributed by atoms with Crippen molar-refractivity contribution in [1.29, 1.82) is 10.5 Å². The van der Waals surface area contributed by atoms with Crippen LogP contribution >= 0.6 is 0 Å². The standard InChI is InChI=1S/C21H21N3/c1-13-7-8-19-18(6-5-9-24(19)4)20(13)21-14(2)16(11-22)10-17(12-23)15(21)3/h7-8,10H,5-6,9H2,1-4H3. The van der Waals surface area contributed by atoms with Gasteiger partial charge in [0.15, 0.2) is 0 Å². The van der Waals surface area contributed by atoms with Gasteiger partial charge in [0.05, 0.1) is 23.3 Å². The molecule has 1 aliphatic heterocycles. The molecule has 0 aromatic heterocycles. The lowest BCUT2D eigenvalue weighted by atomic mass is 9.82. The summed E-state index contributed by atoms with van der Waals surface area (Å²) < 4.78 is 0. The van der Waals surface area contributed by atoms with Gasteiger partial charge in [-0.2, -0.15) is 10.5 Å². The van der Waals surface area contributed by atoms with E-state index in [2.05, 4.69) is 43.1 Å². The van der Waals surface area contributed by atoms with Crippen molar-refractivity contribution in [3.05, 3.63) is 51.6 Å². The van der Waals surface area contributed by atoms with Crippen molar-refractivity contribution in [3.63, 3.8) is 0 Å². The van der Waals surface area contributed by atoms with Gasteiger partial charge < -0.3 is 4.90 Å². The van der Waals surface area contributed by atoms with Crippen LogP contribution in [0, 0.1) is 43.4 Å². The number of nitriles is 2. The van der Waals surface area contributed by atoms with E-state index >= 15 is 0 Å². The summed E-state index contributed by atoms with van der Waals surface area (Å²) in [5.74, 6) is 0. The van der Waals surface area contributed by atoms with Crippen LogP contribution in [0.15, 0.2) is 18.2 Å². The van der Waals surface area contributed by atoms with Crippen LogP contribution in [0.25, 0.3) is 11.1 Å². The highest BCUT2D eigenvalue weighted by Crippen LogP contribution is 2.41. The maximum atomic E-state index is 9.48. The minimum absolute atomic E-state index is 0.591. The molecule has 0 atom stereocenters. The summed E-state index contributed by atoms with van der Waals surface area (Å²) in [7, 11) is 2.13. The van der Waals surface area contributed by atoms with Crippen molar-refractivity contribution >= 4 is 5.69 Å². The van der Waals surface area contributed by atoms with Crippen LogP contribution in [0.4, 0.5) is 5.69 Å². The van der Waals surface area contributed by atoms with E-state index in [0.29, 0.717) is 11.1 Å². The first-order chi connectivity index (χ1) is 11.5. The molecule has 0 fully saturated rings. The Morgan fingerprint density at radius 1 is 0.958 bits per heavy atom. The van der Waals surface area contributed by atoms with Crippen molar-refractivity contribution in [2.24, 2.45) is 0 Å². The number of hydrogen-bond acceptors (Lipinski definition) is 3. The van der Waals surface area contributed by atoms with Crippen LogP contribution in [0.1, 0.15) is 39.8 Å². The monoisotopic (exact) mass is 315 g/mol. The smallest absolute Gasteiger partial charge is 0.0995 e. The molecule has 2 aromatic rings. The predicted molar refractivity (Wildman–Crippen MR) is 97.1 cm³/mol. The maximum Gasteiger partial charge on any atom is 0.0995 e. The van der Waals surface area contributed by atoms with Crippen LogP contribution < -0.4 is 4.90 Å². The fourth-order valence-corrected chi connectivity index (χ4v) is 3.84. The minimum Gasteiger partial charge on any atom is -0.374 e. The zero-order chi connectivity index (χ0) is 17.4. The molecule has 120 valence electrons. The molecule has 0 aliphatic carbocycles. The fourth-order valence-electron chi connectivity index (χ4n) is 3.84. The average Bonchev–Trinajstić information content (AvgIpc) is 2.57. The molecule has 3 heteroatoms. The Labute approximate surface area is 143 Å². The lowest BCUT2D eigenvalue weighted by molar-refractivity contribution is 0.745. The molecule has 1 heterocycles. The van der Waals surface area contributed by atoms with Crippen LogP contribution in [0.3, 0.4) is 0 Å². The van der Waals surface area contributed by atoms with Gasteiger partial charge in [-0.15, -0.1) is 0 Å². The second kappa shape index (κ2) is 6.02. The van der Waals surface area contributed by atoms with Gasteiger partial charge in [-0.05, 0) is 79.1 Å². The van der Waals surface area contributed by atoms with Crippen LogP contribution in [0.2, 0.25) is 0 Å². The van der Waals surface area contributed by atoms with Gasteiger partial charge in [-0.25, -0.2) is 0 Å². The van der Waals surface area contributed by atoms with Crippen LogP contribution in [-0.2, 0) is 6.42 Å². The van der Waals surface area contributed by atoms with Crippen molar-refractivity contribution in [3.8, 4) is 23.3 Å². The van der Waals surface area contributed by atoms with Gasteiger partial charge >= 0.3 is 0 Å². The third-order valence-corrected chi connectivity index (χ3v) is 5.17. The van der Waals surface area contributed by atoms with Crippen molar-refractivity contribution in [2.45, 2.75) is 33.6 Å². The third kappa shape index (κ3) is 2.34. The number of hydrogen-bond donors (Lipinski definition) is 0. The van der Waals surface area contributed by atoms with E-state index in [1.54, 1.807) is 6.07 Å². The molecule has 0 saturated heterocycles. The summed E-state index contributed by atoms with van der Waals surface area (Å²) in [6.45, 7) is 7.17. The van der Waals surface area contributed by atoms with E-state index < -0.39 is 0 Å². The average molecular weight is 315 g/mol. The highest BCUT2D eigenvalue weighted by atomic mass is 15.1. The molecule has 0 radical (unpaired) electrons. The second-order valence-corrected chi connectivity index (χ2v) is 6.60. The summed E-state index contributed by atoms with van der Waals surface area (Å²) in [6, 6.07) is 10.6. The first-order valence-corrected chi connectivity index (χ1v) is 8.28. The lowest BCUT2D eigenvalue weighted by Crippen LogP contribution is -2.25. The Hall–Kier alpha value is -2.78. The highest BCUT2D eigenvalue weighted by Gasteiger charge is 2.23. The fraction of sp³-hybridized carbons (Fsp3) is 0.333. The minimum atomic E-state index is 0.591. The molecule has 0 amide bonds. The van der Waals surface area contributed by atoms with Crippen molar-refractivity contribution in [2.75, 3.05) is 18.5 Å². The number of benzene rings is 2. The van der Waals surface area contributed by atoms with E-state index in [1.807, 2.05) is 13.8 Å². The summed E-state index contributed by atoms with van der Waals surface area (Å²) >= 11 is 0. The predicted octanol–water partition coefficient (Wildman–Crippen LogP) is 4.40. The molecule has 0 spiro atoms. The van der Waals surface area contributed by atoms with Gasteiger partial charge in [0.1, 0.15) is 0 Å². The zero-order valence-corrected chi connectivity index (χ0v) is 14.7. The van der Waals surface area contributed by atoms with E-state index in [-0.39, 0.29) is 0 Å². The lowest BCUT2D eigenvalue weighted by Gasteiger charge is -2.31. The van der Waals surface area contributed by atoms with Gasteiger partial charge in [0, 0.05) is 19.3 Å². The summed E-state index contributed by atoms with van der Waals surface area (Å²) in [5.41, 5.74) is 9.21. The Balaban J connectivity index is 2.42. The molecular weight excluding hydrogens is 294 g/mol. The summed E-state index contributed by atoms with van der Waals surface area (Å²) in [6.07, 6.45) is 2.16. The molecule has 1 aliphatic rings. The highest BCUT2D eigenvalue weighted by molar-refractivity contribution is 5.84. The van der Waals surface area contributed by atoms with Crippen LogP contribution in [-0.4, -0.2) is 13.6 Å². The summed E-state index contributed by atoms with van der Waals surface area (Å²) in [4.78, 5) is 2.30. The normalized spacial score (nSPS) is 13.2. The van der Waals surface area contributed by atoms with Crippen molar-refractivity contribution in [1.82, 2.24) is 0 Å². The number of aryl methyl sites for hydroxylation is 1. The Morgan fingerprint density at radius 2 is 1.58 bits per heavy atom. The van der Waals surface area contributed by atoms with Gasteiger partial charge in [-0.3, -0.25) is 0 Å². The third-order valence-electron chi connectivity index (χ3n) is 5.17. The van der Waals surface area contributed by atoms with E-state index in [0.717, 1.165) is 36.1 Å². The van der Waals surface area contributed by atoms with E-state index in [9.17, 15) is 10.5 Å². The molecule has 0 unspecified atom stereocenters. The van der Waals surface area contributed by atoms with Gasteiger partial charge in [-0.1, -0.05) is 6.07 Å². The molecule has 3 nitrogen and oxygen atoms in total. The van der Waals surface area contributed by atoms with E-state index in [4.69, 9.17) is 0 Å². The first kappa shape index (κ1) is 16.1. The Morgan fingerprint density at radius 3 is 2.17 bits per heavy atom. The first-order valence-electron chi connectivity index (χ1n) is 8.28. The molecule has 0 N–H and O–H groups in total. The molecule has 3 rings (SSSR count). The summed E-state index contributed by atoms with van der Waals surface area (Å²) in [5, 5.41) is 19.0. The molecule has 0 saturated carbocycles. The zero-order valence-electron chi connectivity index (χ0n) is 14.7. The van der Waals surface area contributed by atoms with Crippen LogP contribution in [0.5, 0.6) is 0 Å². The van der Waals surface area contributed by atoms with Crippen molar-refractivity contribution < 1.29 is 0 Å². The second-order valence-electron chi connectivity index (χ2n) is 6.60. The number of anilines is 1. The number of fused-ring (bicyclic) bond motifs is 1. The van der Waals surface area contributed by atoms with Gasteiger partial charge in [0.25, 0.3) is 0 Å². The van der Waals surface area contributed by atoms with E-state index in [1.165, 1.54) is 22.4 Å². The Bertz CT molecular complexity index is 872. The molecular formula is C21H21N3.